The van der Waals surface area contributed by atoms with Crippen molar-refractivity contribution in [3.8, 4) is 6.07 Å². The number of rotatable bonds is 5. The lowest BCUT2D eigenvalue weighted by Crippen LogP contribution is -2.48. The van der Waals surface area contributed by atoms with Gasteiger partial charge in [0.15, 0.2) is 0 Å². The van der Waals surface area contributed by atoms with E-state index in [1.54, 1.807) is 47.6 Å². The summed E-state index contributed by atoms with van der Waals surface area (Å²) in [5, 5.41) is 12.1. The molecule has 0 unspecified atom stereocenters. The van der Waals surface area contributed by atoms with Crippen LogP contribution in [0.25, 0.3) is 0 Å². The van der Waals surface area contributed by atoms with E-state index in [9.17, 15) is 10.1 Å². The summed E-state index contributed by atoms with van der Waals surface area (Å²) in [6, 6.07) is 12.6. The zero-order chi connectivity index (χ0) is 19.1. The topological polar surface area (TPSA) is 75.5 Å². The first-order chi connectivity index (χ1) is 13.2. The molecule has 0 radical (unpaired) electrons. The molecule has 2 heterocycles. The number of urea groups is 1. The van der Waals surface area contributed by atoms with E-state index in [1.165, 1.54) is 0 Å². The summed E-state index contributed by atoms with van der Waals surface area (Å²) in [4.78, 5) is 23.3. The predicted octanol–water partition coefficient (Wildman–Crippen LogP) is 2.24. The van der Waals surface area contributed by atoms with E-state index in [-0.39, 0.29) is 6.03 Å². The third-order valence-corrected chi connectivity index (χ3v) is 4.68. The normalized spacial score (nSPS) is 15.1. The zero-order valence-electron chi connectivity index (χ0n) is 15.5. The number of hydrogen-bond donors (Lipinski definition) is 1. The maximum atomic E-state index is 12.9. The molecule has 3 rings (SSSR count). The van der Waals surface area contributed by atoms with Gasteiger partial charge >= 0.3 is 6.03 Å². The average Bonchev–Trinajstić information content (AvgIpc) is 2.70. The lowest BCUT2D eigenvalue weighted by molar-refractivity contribution is 0.157. The van der Waals surface area contributed by atoms with E-state index in [1.807, 2.05) is 6.07 Å². The Hall–Kier alpha value is -2.95. The van der Waals surface area contributed by atoms with Crippen LogP contribution in [-0.2, 0) is 0 Å². The summed E-state index contributed by atoms with van der Waals surface area (Å²) in [5.41, 5.74) is 1.89. The first-order valence-electron chi connectivity index (χ1n) is 9.05. The number of likely N-dealkylation sites (N-methyl/N-ethyl adjacent to an activating group) is 1. The molecule has 1 N–H and O–H groups in total. The van der Waals surface area contributed by atoms with Crippen molar-refractivity contribution >= 4 is 17.4 Å². The Kier molecular flexibility index (Phi) is 6.36. The van der Waals surface area contributed by atoms with Gasteiger partial charge in [0.2, 0.25) is 0 Å². The highest BCUT2D eigenvalue weighted by molar-refractivity contribution is 6.01. The quantitative estimate of drug-likeness (QED) is 0.881. The summed E-state index contributed by atoms with van der Waals surface area (Å²) in [5.74, 6) is 0. The molecule has 1 aromatic heterocycles. The van der Waals surface area contributed by atoms with Crippen LogP contribution in [0.1, 0.15) is 5.56 Å². The molecule has 0 atom stereocenters. The molecule has 0 bridgehead atoms. The van der Waals surface area contributed by atoms with Crippen LogP contribution in [-0.4, -0.2) is 67.1 Å². The maximum Gasteiger partial charge on any atom is 0.326 e. The third kappa shape index (κ3) is 5.26. The van der Waals surface area contributed by atoms with E-state index in [2.05, 4.69) is 33.2 Å². The van der Waals surface area contributed by atoms with Gasteiger partial charge in [0.25, 0.3) is 0 Å². The number of amides is 2. The van der Waals surface area contributed by atoms with Crippen LogP contribution in [0.15, 0.2) is 48.8 Å². The molecule has 1 aliphatic heterocycles. The summed E-state index contributed by atoms with van der Waals surface area (Å²) in [6.07, 6.45) is 3.28. The molecule has 1 aromatic carbocycles. The van der Waals surface area contributed by atoms with Crippen molar-refractivity contribution in [1.29, 1.82) is 5.26 Å². The number of anilines is 2. The fourth-order valence-corrected chi connectivity index (χ4v) is 3.03. The van der Waals surface area contributed by atoms with Crippen molar-refractivity contribution in [2.45, 2.75) is 0 Å². The number of carbonyl (C=O) groups excluding carboxylic acids is 1. The van der Waals surface area contributed by atoms with E-state index in [0.29, 0.717) is 23.5 Å². The predicted molar refractivity (Wildman–Crippen MR) is 106 cm³/mol. The van der Waals surface area contributed by atoms with Crippen LogP contribution in [0.4, 0.5) is 16.2 Å². The zero-order valence-corrected chi connectivity index (χ0v) is 15.5. The highest BCUT2D eigenvalue weighted by Crippen LogP contribution is 2.18. The Bertz CT molecular complexity index is 796. The largest absolute Gasteiger partial charge is 0.326 e. The van der Waals surface area contributed by atoms with Crippen LogP contribution in [0.3, 0.4) is 0 Å². The van der Waals surface area contributed by atoms with Crippen LogP contribution >= 0.6 is 0 Å². The lowest BCUT2D eigenvalue weighted by atomic mass is 10.2. The van der Waals surface area contributed by atoms with Crippen molar-refractivity contribution in [2.24, 2.45) is 0 Å². The minimum absolute atomic E-state index is 0.229. The fourth-order valence-electron chi connectivity index (χ4n) is 3.03. The second kappa shape index (κ2) is 9.12. The standard InChI is InChI=1S/C20H24N6O/c1-24-8-10-25(11-9-24)12-13-26(19-6-2-4-17(14-19)15-21)20(27)23-18-5-3-7-22-16-18/h2-7,14,16H,8-13H2,1H3,(H,23,27). The smallest absolute Gasteiger partial charge is 0.306 e. The van der Waals surface area contributed by atoms with Gasteiger partial charge in [0.05, 0.1) is 23.5 Å². The van der Waals surface area contributed by atoms with Gasteiger partial charge in [-0.3, -0.25) is 14.8 Å². The summed E-state index contributed by atoms with van der Waals surface area (Å²) in [6.45, 7) is 5.38. The van der Waals surface area contributed by atoms with Gasteiger partial charge in [0, 0.05) is 51.2 Å². The molecule has 2 amide bonds. The Morgan fingerprint density at radius 1 is 1.26 bits per heavy atom. The molecule has 0 saturated carbocycles. The number of aromatic nitrogens is 1. The van der Waals surface area contributed by atoms with E-state index < -0.39 is 0 Å². The van der Waals surface area contributed by atoms with Gasteiger partial charge < -0.3 is 10.2 Å². The molecule has 140 valence electrons. The van der Waals surface area contributed by atoms with Gasteiger partial charge in [-0.25, -0.2) is 4.79 Å². The molecule has 0 spiro atoms. The molecule has 7 heteroatoms. The minimum atomic E-state index is -0.229. The van der Waals surface area contributed by atoms with Gasteiger partial charge in [0.1, 0.15) is 0 Å². The molecule has 1 saturated heterocycles. The number of nitriles is 1. The van der Waals surface area contributed by atoms with Crippen LogP contribution < -0.4 is 10.2 Å². The van der Waals surface area contributed by atoms with Gasteiger partial charge in [-0.15, -0.1) is 0 Å². The highest BCUT2D eigenvalue weighted by Gasteiger charge is 2.20. The summed E-state index contributed by atoms with van der Waals surface area (Å²) in [7, 11) is 2.12. The van der Waals surface area contributed by atoms with E-state index in [4.69, 9.17) is 0 Å². The van der Waals surface area contributed by atoms with Gasteiger partial charge in [-0.2, -0.15) is 5.26 Å². The number of piperazine rings is 1. The molecular weight excluding hydrogens is 340 g/mol. The first-order valence-corrected chi connectivity index (χ1v) is 9.05. The van der Waals surface area contributed by atoms with Crippen molar-refractivity contribution in [1.82, 2.24) is 14.8 Å². The summed E-state index contributed by atoms with van der Waals surface area (Å²) < 4.78 is 0. The maximum absolute atomic E-state index is 12.9. The Morgan fingerprint density at radius 3 is 2.78 bits per heavy atom. The number of benzene rings is 1. The molecule has 1 aliphatic rings. The number of nitrogens with one attached hydrogen (secondary N) is 1. The van der Waals surface area contributed by atoms with Crippen molar-refractivity contribution < 1.29 is 4.79 Å². The van der Waals surface area contributed by atoms with Gasteiger partial charge in [-0.1, -0.05) is 6.07 Å². The SMILES string of the molecule is CN1CCN(CCN(C(=O)Nc2cccnc2)c2cccc(C#N)c2)CC1. The molecule has 2 aromatic rings. The third-order valence-electron chi connectivity index (χ3n) is 4.68. The molecule has 0 aliphatic carbocycles. The number of hydrogen-bond acceptors (Lipinski definition) is 5. The van der Waals surface area contributed by atoms with Crippen LogP contribution in [0.5, 0.6) is 0 Å². The average molecular weight is 364 g/mol. The van der Waals surface area contributed by atoms with Crippen LogP contribution in [0.2, 0.25) is 0 Å². The Morgan fingerprint density at radius 2 is 2.07 bits per heavy atom. The van der Waals surface area contributed by atoms with Crippen molar-refractivity contribution in [3.05, 3.63) is 54.4 Å². The fraction of sp³-hybridized carbons (Fsp3) is 0.350. The number of carbonyl (C=O) groups is 1. The second-order valence-electron chi connectivity index (χ2n) is 6.63. The van der Waals surface area contributed by atoms with Crippen molar-refractivity contribution in [3.63, 3.8) is 0 Å². The molecular formula is C20H24N6O. The highest BCUT2D eigenvalue weighted by atomic mass is 16.2. The molecule has 7 nitrogen and oxygen atoms in total. The monoisotopic (exact) mass is 364 g/mol. The second-order valence-corrected chi connectivity index (χ2v) is 6.63. The van der Waals surface area contributed by atoms with E-state index in [0.717, 1.165) is 32.7 Å². The number of nitrogens with zero attached hydrogens (tertiary/aromatic N) is 5. The Labute approximate surface area is 159 Å². The molecule has 27 heavy (non-hydrogen) atoms. The summed E-state index contributed by atoms with van der Waals surface area (Å²) >= 11 is 0. The van der Waals surface area contributed by atoms with Crippen LogP contribution in [0, 0.1) is 11.3 Å². The molecule has 1 fully saturated rings. The van der Waals surface area contributed by atoms with Crippen molar-refractivity contribution in [2.75, 3.05) is 56.5 Å². The van der Waals surface area contributed by atoms with Gasteiger partial charge in [-0.05, 0) is 37.4 Å². The number of pyridine rings is 1. The Balaban J connectivity index is 1.73. The minimum Gasteiger partial charge on any atom is -0.306 e. The lowest BCUT2D eigenvalue weighted by Gasteiger charge is -2.34. The first kappa shape index (κ1) is 18.8. The van der Waals surface area contributed by atoms with E-state index >= 15 is 0 Å².